The summed E-state index contributed by atoms with van der Waals surface area (Å²) in [6.45, 7) is 20.4. The zero-order valence-corrected chi connectivity index (χ0v) is 23.0. The average molecular weight is 473 g/mol. The lowest BCUT2D eigenvalue weighted by atomic mass is 9.82. The molecular formula is C29H40BN3O2. The van der Waals surface area contributed by atoms with Crippen LogP contribution >= 0.6 is 0 Å². The highest BCUT2D eigenvalue weighted by Crippen LogP contribution is 2.29. The van der Waals surface area contributed by atoms with Gasteiger partial charge in [0.15, 0.2) is 5.82 Å². The van der Waals surface area contributed by atoms with Crippen LogP contribution in [0.3, 0.4) is 0 Å². The number of pyridine rings is 1. The van der Waals surface area contributed by atoms with Crippen molar-refractivity contribution < 1.29 is 9.76 Å². The van der Waals surface area contributed by atoms with Crippen molar-refractivity contribution in [1.82, 2.24) is 15.0 Å². The fraction of sp³-hybridized carbons (Fsp3) is 0.483. The lowest BCUT2D eigenvalue weighted by molar-refractivity contribution is -0.0893. The van der Waals surface area contributed by atoms with Gasteiger partial charge in [0.1, 0.15) is 0 Å². The van der Waals surface area contributed by atoms with E-state index in [1.807, 2.05) is 56.4 Å². The summed E-state index contributed by atoms with van der Waals surface area (Å²) in [5.74, 6) is 0.711. The van der Waals surface area contributed by atoms with E-state index < -0.39 is 11.2 Å². The molecule has 2 aromatic heterocycles. The maximum atomic E-state index is 10.3. The molecule has 0 saturated carbocycles. The SMILES string of the molecule is CC(C)(C)c1cc(C(C)(C)C)nc(-c2ccc(-c3ccc(BOC(C)(C)C(C)(C)O)cc3)nc2)n1. The maximum Gasteiger partial charge on any atom is 0.309 e. The predicted octanol–water partition coefficient (Wildman–Crippen LogP) is 5.34. The summed E-state index contributed by atoms with van der Waals surface area (Å²) in [6.07, 6.45) is 1.85. The molecule has 0 aliphatic heterocycles. The zero-order chi connectivity index (χ0) is 26.2. The second kappa shape index (κ2) is 9.48. The van der Waals surface area contributed by atoms with E-state index in [1.165, 1.54) is 0 Å². The molecule has 6 heteroatoms. The van der Waals surface area contributed by atoms with E-state index >= 15 is 0 Å². The number of nitrogens with zero attached hydrogens (tertiary/aromatic N) is 3. The Morgan fingerprint density at radius 3 is 1.66 bits per heavy atom. The molecule has 186 valence electrons. The first-order chi connectivity index (χ1) is 16.0. The summed E-state index contributed by atoms with van der Waals surface area (Å²) in [7, 11) is 0.432. The van der Waals surface area contributed by atoms with E-state index in [2.05, 4.69) is 47.6 Å². The summed E-state index contributed by atoms with van der Waals surface area (Å²) in [6, 6.07) is 14.4. The van der Waals surface area contributed by atoms with E-state index in [0.717, 1.165) is 33.7 Å². The lowest BCUT2D eigenvalue weighted by Gasteiger charge is -2.37. The number of rotatable bonds is 6. The molecule has 1 aromatic carbocycles. The Morgan fingerprint density at radius 2 is 1.23 bits per heavy atom. The van der Waals surface area contributed by atoms with Gasteiger partial charge in [0.05, 0.1) is 28.3 Å². The fourth-order valence-electron chi connectivity index (χ4n) is 3.25. The summed E-state index contributed by atoms with van der Waals surface area (Å²) < 4.78 is 5.98. The minimum Gasteiger partial charge on any atom is -0.427 e. The summed E-state index contributed by atoms with van der Waals surface area (Å²) in [4.78, 5) is 14.5. The average Bonchev–Trinajstić information content (AvgIpc) is 2.76. The third kappa shape index (κ3) is 6.56. The molecule has 35 heavy (non-hydrogen) atoms. The van der Waals surface area contributed by atoms with Crippen molar-refractivity contribution in [1.29, 1.82) is 0 Å². The van der Waals surface area contributed by atoms with Crippen molar-refractivity contribution in [3.8, 4) is 22.6 Å². The standard InChI is InChI=1S/C29H40BN3O2/c1-26(2,3)23-17-24(27(4,5)6)33-25(32-23)20-13-16-22(31-18-20)19-11-14-21(15-12-19)30-35-29(9,10)28(7,8)34/h11-18,30,34H,1-10H3. The molecule has 0 spiro atoms. The van der Waals surface area contributed by atoms with Crippen LogP contribution in [0.5, 0.6) is 0 Å². The van der Waals surface area contributed by atoms with Gasteiger partial charge in [-0.1, -0.05) is 71.3 Å². The Hall–Kier alpha value is -2.57. The summed E-state index contributed by atoms with van der Waals surface area (Å²) in [5.41, 5.74) is 4.21. The van der Waals surface area contributed by atoms with Crippen LogP contribution in [0.1, 0.15) is 80.6 Å². The monoisotopic (exact) mass is 473 g/mol. The van der Waals surface area contributed by atoms with Gasteiger partial charge in [0.25, 0.3) is 0 Å². The molecule has 0 aliphatic carbocycles. The molecule has 0 atom stereocenters. The molecule has 3 rings (SSSR count). The minimum atomic E-state index is -0.928. The van der Waals surface area contributed by atoms with Crippen molar-refractivity contribution >= 4 is 12.9 Å². The molecule has 0 aliphatic rings. The van der Waals surface area contributed by atoms with Crippen LogP contribution in [0.25, 0.3) is 22.6 Å². The van der Waals surface area contributed by atoms with Gasteiger partial charge in [-0.15, -0.1) is 0 Å². The van der Waals surface area contributed by atoms with E-state index in [4.69, 9.17) is 19.6 Å². The van der Waals surface area contributed by atoms with Gasteiger partial charge < -0.3 is 9.76 Å². The molecular weight excluding hydrogens is 433 g/mol. The summed E-state index contributed by atoms with van der Waals surface area (Å²) >= 11 is 0. The van der Waals surface area contributed by atoms with Gasteiger partial charge in [-0.25, -0.2) is 9.97 Å². The second-order valence-corrected chi connectivity index (χ2v) is 12.4. The number of aliphatic hydroxyl groups is 1. The molecule has 0 unspecified atom stereocenters. The van der Waals surface area contributed by atoms with E-state index in [-0.39, 0.29) is 10.8 Å². The Labute approximate surface area is 211 Å². The Balaban J connectivity index is 1.82. The van der Waals surface area contributed by atoms with Gasteiger partial charge in [-0.05, 0) is 45.9 Å². The summed E-state index contributed by atoms with van der Waals surface area (Å²) in [5, 5.41) is 10.3. The largest absolute Gasteiger partial charge is 0.427 e. The van der Waals surface area contributed by atoms with Crippen LogP contribution in [0.4, 0.5) is 0 Å². The number of benzene rings is 1. The van der Waals surface area contributed by atoms with Gasteiger partial charge in [0.2, 0.25) is 0 Å². The maximum absolute atomic E-state index is 10.3. The Morgan fingerprint density at radius 1 is 0.714 bits per heavy atom. The Kier molecular flexibility index (Phi) is 7.32. The van der Waals surface area contributed by atoms with Crippen LogP contribution in [-0.2, 0) is 15.5 Å². The molecule has 0 fully saturated rings. The molecule has 0 radical (unpaired) electrons. The highest BCUT2D eigenvalue weighted by atomic mass is 16.5. The molecule has 0 bridgehead atoms. The van der Waals surface area contributed by atoms with Crippen LogP contribution in [0.2, 0.25) is 0 Å². The quantitative estimate of drug-likeness (QED) is 0.490. The van der Waals surface area contributed by atoms with Crippen LogP contribution in [0.15, 0.2) is 48.7 Å². The van der Waals surface area contributed by atoms with Crippen molar-refractivity contribution in [3.63, 3.8) is 0 Å². The fourth-order valence-corrected chi connectivity index (χ4v) is 3.25. The predicted molar refractivity (Wildman–Crippen MR) is 146 cm³/mol. The van der Waals surface area contributed by atoms with Crippen molar-refractivity contribution in [3.05, 3.63) is 60.0 Å². The number of hydrogen-bond acceptors (Lipinski definition) is 5. The molecule has 0 saturated heterocycles. The van der Waals surface area contributed by atoms with Gasteiger partial charge in [0, 0.05) is 28.2 Å². The molecule has 3 aromatic rings. The minimum absolute atomic E-state index is 0.0708. The van der Waals surface area contributed by atoms with Crippen molar-refractivity contribution in [2.45, 2.75) is 91.3 Å². The number of aromatic nitrogens is 3. The highest BCUT2D eigenvalue weighted by molar-refractivity contribution is 6.47. The molecule has 5 nitrogen and oxygen atoms in total. The van der Waals surface area contributed by atoms with Gasteiger partial charge in [-0.3, -0.25) is 4.98 Å². The Bertz CT molecular complexity index is 1120. The smallest absolute Gasteiger partial charge is 0.309 e. The molecule has 0 amide bonds. The molecule has 2 heterocycles. The third-order valence-electron chi connectivity index (χ3n) is 6.61. The van der Waals surface area contributed by atoms with E-state index in [9.17, 15) is 5.11 Å². The first-order valence-corrected chi connectivity index (χ1v) is 12.3. The second-order valence-electron chi connectivity index (χ2n) is 12.4. The zero-order valence-electron chi connectivity index (χ0n) is 23.0. The number of hydrogen-bond donors (Lipinski definition) is 1. The highest BCUT2D eigenvalue weighted by Gasteiger charge is 2.35. The van der Waals surface area contributed by atoms with Crippen LogP contribution in [-0.4, -0.2) is 38.7 Å². The van der Waals surface area contributed by atoms with E-state index in [1.54, 1.807) is 13.8 Å². The lowest BCUT2D eigenvalue weighted by Crippen LogP contribution is -2.49. The topological polar surface area (TPSA) is 68.1 Å². The normalized spacial score (nSPS) is 13.1. The van der Waals surface area contributed by atoms with Crippen LogP contribution < -0.4 is 5.46 Å². The van der Waals surface area contributed by atoms with Gasteiger partial charge in [-0.2, -0.15) is 0 Å². The first-order valence-electron chi connectivity index (χ1n) is 12.3. The van der Waals surface area contributed by atoms with E-state index in [0.29, 0.717) is 13.3 Å². The molecule has 1 N–H and O–H groups in total. The van der Waals surface area contributed by atoms with Crippen LogP contribution in [0, 0.1) is 0 Å². The van der Waals surface area contributed by atoms with Gasteiger partial charge >= 0.3 is 7.48 Å². The first kappa shape index (κ1) is 27.0. The van der Waals surface area contributed by atoms with Crippen molar-refractivity contribution in [2.24, 2.45) is 0 Å². The third-order valence-corrected chi connectivity index (χ3v) is 6.61. The van der Waals surface area contributed by atoms with Crippen molar-refractivity contribution in [2.75, 3.05) is 0 Å².